The standard InChI is InChI=1S/C22H24IN3O3/c1-22(2,3)29-21(27)25-13-19(24-12-15-7-5-4-6-8-15)18-14-26(28)20-11-16(23)9-10-17(18)20/h4-12,14,19,26H,13H2,1-3H3,(H,25,27)/b24-12-. The van der Waals surface area contributed by atoms with E-state index in [2.05, 4.69) is 32.9 Å². The molecule has 2 aromatic carbocycles. The highest BCUT2D eigenvalue weighted by Gasteiger charge is 2.28. The quantitative estimate of drug-likeness (QED) is 0.370. The number of benzene rings is 2. The first-order chi connectivity index (χ1) is 13.7. The lowest BCUT2D eigenvalue weighted by molar-refractivity contribution is -0.710. The molecule has 3 rings (SSSR count). The van der Waals surface area contributed by atoms with Gasteiger partial charge in [-0.2, -0.15) is 0 Å². The number of halogens is 1. The minimum absolute atomic E-state index is 0.0364. The summed E-state index contributed by atoms with van der Waals surface area (Å²) >= 11 is 2.19. The van der Waals surface area contributed by atoms with Gasteiger partial charge in [0.25, 0.3) is 0 Å². The highest BCUT2D eigenvalue weighted by atomic mass is 127. The van der Waals surface area contributed by atoms with Crippen LogP contribution in [0.2, 0.25) is 0 Å². The van der Waals surface area contributed by atoms with Crippen molar-refractivity contribution in [3.63, 3.8) is 0 Å². The molecule has 2 aromatic rings. The van der Waals surface area contributed by atoms with Gasteiger partial charge in [-0.3, -0.25) is 4.99 Å². The van der Waals surface area contributed by atoms with Gasteiger partial charge in [-0.25, -0.2) is 4.79 Å². The number of hydroxylamine groups is 1. The van der Waals surface area contributed by atoms with Crippen LogP contribution in [0.15, 0.2) is 59.7 Å². The van der Waals surface area contributed by atoms with Crippen LogP contribution in [-0.2, 0) is 4.74 Å². The molecule has 2 N–H and O–H groups in total. The molecule has 7 heteroatoms. The number of amides is 1. The van der Waals surface area contributed by atoms with Gasteiger partial charge in [0.05, 0.1) is 6.04 Å². The number of carbonyl (C=O) groups is 1. The van der Waals surface area contributed by atoms with E-state index in [1.807, 2.05) is 69.3 Å². The third kappa shape index (κ3) is 5.88. The number of rotatable bonds is 5. The zero-order valence-electron chi connectivity index (χ0n) is 16.6. The lowest BCUT2D eigenvalue weighted by Crippen LogP contribution is -2.95. The van der Waals surface area contributed by atoms with Crippen molar-refractivity contribution < 1.29 is 14.6 Å². The Morgan fingerprint density at radius 2 is 2.00 bits per heavy atom. The van der Waals surface area contributed by atoms with Crippen LogP contribution in [0.1, 0.15) is 31.9 Å². The van der Waals surface area contributed by atoms with Crippen LogP contribution in [0.3, 0.4) is 0 Å². The Kier molecular flexibility index (Phi) is 6.71. The summed E-state index contributed by atoms with van der Waals surface area (Å²) in [4.78, 5) is 16.8. The van der Waals surface area contributed by atoms with E-state index in [0.29, 0.717) is 5.69 Å². The molecule has 1 amide bonds. The van der Waals surface area contributed by atoms with E-state index >= 15 is 0 Å². The smallest absolute Gasteiger partial charge is 0.407 e. The third-order valence-corrected chi connectivity index (χ3v) is 4.92. The molecule has 1 aliphatic heterocycles. The summed E-state index contributed by atoms with van der Waals surface area (Å²) in [5.41, 5.74) is 2.69. The second-order valence-corrected chi connectivity index (χ2v) is 8.99. The summed E-state index contributed by atoms with van der Waals surface area (Å²) < 4.78 is 6.33. The number of fused-ring (bicyclic) bond motifs is 1. The molecule has 2 unspecified atom stereocenters. The number of carbonyl (C=O) groups excluding carboxylic acids is 1. The summed E-state index contributed by atoms with van der Waals surface area (Å²) in [6, 6.07) is 15.1. The molecule has 2 atom stereocenters. The van der Waals surface area contributed by atoms with Gasteiger partial charge in [0.1, 0.15) is 17.5 Å². The zero-order chi connectivity index (χ0) is 21.0. The molecule has 0 spiro atoms. The highest BCUT2D eigenvalue weighted by Crippen LogP contribution is 2.30. The molecule has 29 heavy (non-hydrogen) atoms. The van der Waals surface area contributed by atoms with Crippen LogP contribution >= 0.6 is 22.6 Å². The first-order valence-electron chi connectivity index (χ1n) is 9.34. The van der Waals surface area contributed by atoms with Crippen molar-refractivity contribution in [2.75, 3.05) is 6.54 Å². The number of alkyl carbamates (subject to hydrolysis) is 1. The van der Waals surface area contributed by atoms with Crippen molar-refractivity contribution in [1.82, 2.24) is 5.32 Å². The molecular weight excluding hydrogens is 481 g/mol. The summed E-state index contributed by atoms with van der Waals surface area (Å²) in [7, 11) is 0. The molecule has 1 aliphatic rings. The Hall–Kier alpha value is -2.23. The molecule has 1 heterocycles. The molecule has 0 fully saturated rings. The fourth-order valence-electron chi connectivity index (χ4n) is 3.00. The molecular formula is C22H24IN3O3. The first-order valence-corrected chi connectivity index (χ1v) is 10.4. The van der Waals surface area contributed by atoms with Crippen molar-refractivity contribution in [2.24, 2.45) is 4.99 Å². The zero-order valence-corrected chi connectivity index (χ0v) is 18.8. The maximum absolute atomic E-state index is 12.5. The van der Waals surface area contributed by atoms with E-state index in [9.17, 15) is 10.0 Å². The average Bonchev–Trinajstić information content (AvgIpc) is 2.97. The fourth-order valence-corrected chi connectivity index (χ4v) is 3.49. The van der Waals surface area contributed by atoms with E-state index in [1.54, 1.807) is 12.4 Å². The topological polar surface area (TPSA) is 78.2 Å². The lowest BCUT2D eigenvalue weighted by atomic mass is 10.0. The Morgan fingerprint density at radius 3 is 2.69 bits per heavy atom. The van der Waals surface area contributed by atoms with Gasteiger partial charge in [0, 0.05) is 33.5 Å². The van der Waals surface area contributed by atoms with Gasteiger partial charge >= 0.3 is 6.09 Å². The van der Waals surface area contributed by atoms with Crippen LogP contribution in [0, 0.1) is 8.78 Å². The van der Waals surface area contributed by atoms with E-state index in [4.69, 9.17) is 4.74 Å². The second kappa shape index (κ2) is 9.06. The van der Waals surface area contributed by atoms with Crippen LogP contribution < -0.4 is 10.4 Å². The number of hydrogen-bond acceptors (Lipinski definition) is 4. The lowest BCUT2D eigenvalue weighted by Gasteiger charge is -2.21. The van der Waals surface area contributed by atoms with Gasteiger partial charge < -0.3 is 20.3 Å². The number of aliphatic imine (C=N–C) groups is 1. The SMILES string of the molecule is CC(C)(C)OC(=O)NCC(/N=C\c1ccccc1)C1=C[NH+]([O-])c2cc(I)ccc21. The third-order valence-electron chi connectivity index (χ3n) is 4.25. The average molecular weight is 505 g/mol. The second-order valence-electron chi connectivity index (χ2n) is 7.74. The number of hydrogen-bond donors (Lipinski definition) is 2. The normalized spacial score (nSPS) is 17.0. The number of nitrogens with one attached hydrogen (secondary N) is 2. The van der Waals surface area contributed by atoms with Gasteiger partial charge in [0.2, 0.25) is 0 Å². The highest BCUT2D eigenvalue weighted by molar-refractivity contribution is 14.1. The molecule has 0 saturated heterocycles. The molecule has 0 bridgehead atoms. The van der Waals surface area contributed by atoms with Crippen molar-refractivity contribution in [3.05, 3.63) is 74.6 Å². The maximum atomic E-state index is 12.5. The summed E-state index contributed by atoms with van der Waals surface area (Å²) in [5, 5.41) is 15.2. The Morgan fingerprint density at radius 1 is 1.28 bits per heavy atom. The predicted octanol–water partition coefficient (Wildman–Crippen LogP) is 3.67. The molecule has 152 valence electrons. The van der Waals surface area contributed by atoms with Crippen LogP contribution in [0.4, 0.5) is 10.5 Å². The van der Waals surface area contributed by atoms with Gasteiger partial charge in [-0.05, 0) is 61.1 Å². The van der Waals surface area contributed by atoms with Crippen molar-refractivity contribution in [1.29, 1.82) is 0 Å². The molecule has 0 aromatic heterocycles. The van der Waals surface area contributed by atoms with E-state index in [-0.39, 0.29) is 11.6 Å². The monoisotopic (exact) mass is 505 g/mol. The Bertz CT molecular complexity index is 936. The molecule has 0 aliphatic carbocycles. The number of ether oxygens (including phenoxy) is 1. The Labute approximate surface area is 184 Å². The van der Waals surface area contributed by atoms with Gasteiger partial charge in [-0.15, -0.1) is 0 Å². The van der Waals surface area contributed by atoms with E-state index in [1.165, 1.54) is 0 Å². The first kappa shape index (κ1) is 21.5. The molecule has 0 saturated carbocycles. The summed E-state index contributed by atoms with van der Waals surface area (Å²) in [6.45, 7) is 5.66. The fraction of sp³-hybridized carbons (Fsp3) is 0.273. The number of nitrogens with zero attached hydrogens (tertiary/aromatic N) is 1. The van der Waals surface area contributed by atoms with Crippen molar-refractivity contribution in [2.45, 2.75) is 32.4 Å². The van der Waals surface area contributed by atoms with Crippen LogP contribution in [0.25, 0.3) is 5.57 Å². The Balaban J connectivity index is 1.85. The minimum Gasteiger partial charge on any atom is -0.624 e. The van der Waals surface area contributed by atoms with Gasteiger partial charge in [0.15, 0.2) is 0 Å². The van der Waals surface area contributed by atoms with Crippen molar-refractivity contribution >= 4 is 46.2 Å². The van der Waals surface area contributed by atoms with E-state index in [0.717, 1.165) is 20.3 Å². The number of quaternary nitrogens is 1. The van der Waals surface area contributed by atoms with Crippen LogP contribution in [-0.4, -0.2) is 30.5 Å². The largest absolute Gasteiger partial charge is 0.624 e. The predicted molar refractivity (Wildman–Crippen MR) is 123 cm³/mol. The van der Waals surface area contributed by atoms with E-state index < -0.39 is 17.7 Å². The summed E-state index contributed by atoms with van der Waals surface area (Å²) in [5.74, 6) is 0. The molecule has 6 nitrogen and oxygen atoms in total. The maximum Gasteiger partial charge on any atom is 0.407 e. The van der Waals surface area contributed by atoms with Gasteiger partial charge in [-0.1, -0.05) is 30.3 Å². The minimum atomic E-state index is -0.585. The molecule has 0 radical (unpaired) electrons. The summed E-state index contributed by atoms with van der Waals surface area (Å²) in [6.07, 6.45) is 2.87. The van der Waals surface area contributed by atoms with Crippen molar-refractivity contribution in [3.8, 4) is 0 Å². The van der Waals surface area contributed by atoms with Crippen LogP contribution in [0.5, 0.6) is 0 Å².